The van der Waals surface area contributed by atoms with Gasteiger partial charge in [-0.3, -0.25) is 0 Å². The van der Waals surface area contributed by atoms with Crippen LogP contribution in [0, 0.1) is 11.3 Å². The van der Waals surface area contributed by atoms with Crippen molar-refractivity contribution in [2.75, 3.05) is 0 Å². The number of thioether (sulfide) groups is 1. The highest BCUT2D eigenvalue weighted by molar-refractivity contribution is 8.06. The van der Waals surface area contributed by atoms with Crippen LogP contribution in [-0.4, -0.2) is 22.1 Å². The van der Waals surface area contributed by atoms with E-state index in [9.17, 15) is 22.0 Å². The zero-order valence-electron chi connectivity index (χ0n) is 10.2. The predicted molar refractivity (Wildman–Crippen MR) is 69.4 cm³/mol. The van der Waals surface area contributed by atoms with Crippen molar-refractivity contribution in [3.05, 3.63) is 39.4 Å². The molecular formula is C11H4ClF5N4S. The number of hydrogen-bond acceptors (Lipinski definition) is 5. The monoisotopic (exact) mass is 354 g/mol. The van der Waals surface area contributed by atoms with Crippen molar-refractivity contribution >= 4 is 28.9 Å². The Morgan fingerprint density at radius 2 is 2.00 bits per heavy atom. The molecular weight excluding hydrogens is 351 g/mol. The number of allylic oxidation sites excluding steroid dienone is 2. The third kappa shape index (κ3) is 3.00. The van der Waals surface area contributed by atoms with Gasteiger partial charge in [0.15, 0.2) is 0 Å². The second-order valence-corrected chi connectivity index (χ2v) is 5.09. The third-order valence-electron chi connectivity index (χ3n) is 2.46. The number of halogens is 6. The number of nitrogens with one attached hydrogen (secondary N) is 1. The van der Waals surface area contributed by atoms with Gasteiger partial charge in [0, 0.05) is 11.6 Å². The van der Waals surface area contributed by atoms with Crippen LogP contribution in [0.15, 0.2) is 28.4 Å². The molecule has 22 heavy (non-hydrogen) atoms. The van der Waals surface area contributed by atoms with Crippen LogP contribution in [0.4, 0.5) is 22.0 Å². The first-order chi connectivity index (χ1) is 10.2. The molecule has 0 aromatic carbocycles. The van der Waals surface area contributed by atoms with Gasteiger partial charge in [0.25, 0.3) is 0 Å². The Kier molecular flexibility index (Phi) is 4.30. The maximum atomic E-state index is 13.2. The molecule has 1 N–H and O–H groups in total. The summed E-state index contributed by atoms with van der Waals surface area (Å²) in [4.78, 5) is 7.30. The van der Waals surface area contributed by atoms with E-state index in [4.69, 9.17) is 16.9 Å². The molecule has 0 atom stereocenters. The molecule has 1 aliphatic heterocycles. The first-order valence-corrected chi connectivity index (χ1v) is 6.64. The van der Waals surface area contributed by atoms with Crippen molar-refractivity contribution in [3.8, 4) is 6.07 Å². The van der Waals surface area contributed by atoms with Crippen LogP contribution in [0.1, 0.15) is 5.69 Å². The second kappa shape index (κ2) is 5.73. The Labute approximate surface area is 129 Å². The maximum absolute atomic E-state index is 13.2. The Morgan fingerprint density at radius 1 is 1.32 bits per heavy atom. The molecule has 0 unspecified atom stereocenters. The Balaban J connectivity index is 2.35. The van der Waals surface area contributed by atoms with Gasteiger partial charge in [0.2, 0.25) is 5.28 Å². The molecule has 1 aromatic rings. The highest BCUT2D eigenvalue weighted by atomic mass is 35.5. The van der Waals surface area contributed by atoms with Crippen LogP contribution in [0.5, 0.6) is 0 Å². The van der Waals surface area contributed by atoms with Crippen molar-refractivity contribution in [2.24, 2.45) is 0 Å². The average Bonchev–Trinajstić information content (AvgIpc) is 2.88. The SMILES string of the molecule is N#C/C(=C1\NC(C(F)(F)C(F)(F)F)=CS1)c1ccnc(Cl)n1. The third-order valence-corrected chi connectivity index (χ3v) is 3.54. The van der Waals surface area contributed by atoms with E-state index in [1.165, 1.54) is 12.3 Å². The van der Waals surface area contributed by atoms with E-state index >= 15 is 0 Å². The minimum atomic E-state index is -5.74. The van der Waals surface area contributed by atoms with Crippen molar-refractivity contribution < 1.29 is 22.0 Å². The molecule has 0 fully saturated rings. The Hall–Kier alpha value is -1.86. The molecule has 116 valence electrons. The molecule has 1 aliphatic rings. The van der Waals surface area contributed by atoms with Gasteiger partial charge in [-0.25, -0.2) is 9.97 Å². The summed E-state index contributed by atoms with van der Waals surface area (Å²) >= 11 is 6.08. The maximum Gasteiger partial charge on any atom is 0.459 e. The van der Waals surface area contributed by atoms with Crippen LogP contribution in [0.2, 0.25) is 5.28 Å². The van der Waals surface area contributed by atoms with Crippen molar-refractivity contribution in [1.29, 1.82) is 5.26 Å². The summed E-state index contributed by atoms with van der Waals surface area (Å²) in [6.07, 6.45) is -4.52. The summed E-state index contributed by atoms with van der Waals surface area (Å²) in [7, 11) is 0. The second-order valence-electron chi connectivity index (χ2n) is 3.87. The van der Waals surface area contributed by atoms with E-state index in [1.807, 2.05) is 5.32 Å². The minimum absolute atomic E-state index is 0.00229. The van der Waals surface area contributed by atoms with Crippen molar-refractivity contribution in [1.82, 2.24) is 15.3 Å². The summed E-state index contributed by atoms with van der Waals surface area (Å²) in [5.41, 5.74) is -1.58. The number of nitriles is 1. The highest BCUT2D eigenvalue weighted by Crippen LogP contribution is 2.45. The van der Waals surface area contributed by atoms with Crippen LogP contribution >= 0.6 is 23.4 Å². The topological polar surface area (TPSA) is 61.6 Å². The van der Waals surface area contributed by atoms with Crippen molar-refractivity contribution in [3.63, 3.8) is 0 Å². The molecule has 0 bridgehead atoms. The smallest absolute Gasteiger partial charge is 0.347 e. The molecule has 11 heteroatoms. The lowest BCUT2D eigenvalue weighted by Crippen LogP contribution is -2.41. The molecule has 2 heterocycles. The molecule has 0 spiro atoms. The van der Waals surface area contributed by atoms with Gasteiger partial charge in [0.1, 0.15) is 17.3 Å². The number of nitrogens with zero attached hydrogens (tertiary/aromatic N) is 3. The predicted octanol–water partition coefficient (Wildman–Crippen LogP) is 3.70. The fourth-order valence-electron chi connectivity index (χ4n) is 1.42. The number of alkyl halides is 5. The number of rotatable bonds is 2. The molecule has 0 saturated heterocycles. The molecule has 0 saturated carbocycles. The van der Waals surface area contributed by atoms with E-state index in [0.717, 1.165) is 0 Å². The molecule has 1 aromatic heterocycles. The normalized spacial score (nSPS) is 17.6. The van der Waals surface area contributed by atoms with Gasteiger partial charge in [0.05, 0.1) is 10.7 Å². The lowest BCUT2D eigenvalue weighted by molar-refractivity contribution is -0.265. The zero-order valence-corrected chi connectivity index (χ0v) is 11.8. The summed E-state index contributed by atoms with van der Waals surface area (Å²) < 4.78 is 63.4. The molecule has 4 nitrogen and oxygen atoms in total. The van der Waals surface area contributed by atoms with E-state index in [0.29, 0.717) is 17.2 Å². The highest BCUT2D eigenvalue weighted by Gasteiger charge is 2.61. The van der Waals surface area contributed by atoms with Crippen LogP contribution in [-0.2, 0) is 0 Å². The minimum Gasteiger partial charge on any atom is -0.347 e. The van der Waals surface area contributed by atoms with Crippen molar-refractivity contribution in [2.45, 2.75) is 12.1 Å². The van der Waals surface area contributed by atoms with Gasteiger partial charge in [-0.1, -0.05) is 11.8 Å². The van der Waals surface area contributed by atoms with E-state index in [1.54, 1.807) is 6.07 Å². The lowest BCUT2D eigenvalue weighted by Gasteiger charge is -2.20. The van der Waals surface area contributed by atoms with Gasteiger partial charge < -0.3 is 5.32 Å². The Bertz CT molecular complexity index is 707. The fraction of sp³-hybridized carbons (Fsp3) is 0.182. The molecule has 2 rings (SSSR count). The van der Waals surface area contributed by atoms with E-state index < -0.39 is 17.8 Å². The molecule has 0 radical (unpaired) electrons. The summed E-state index contributed by atoms with van der Waals surface area (Å²) in [5.74, 6) is -5.05. The van der Waals surface area contributed by atoms with E-state index in [2.05, 4.69) is 9.97 Å². The van der Waals surface area contributed by atoms with Gasteiger partial charge in [-0.2, -0.15) is 27.2 Å². The summed E-state index contributed by atoms with van der Waals surface area (Å²) in [6, 6.07) is 2.96. The average molecular weight is 355 g/mol. The van der Waals surface area contributed by atoms with Gasteiger partial charge in [-0.15, -0.1) is 0 Å². The Morgan fingerprint density at radius 3 is 2.55 bits per heavy atom. The first-order valence-electron chi connectivity index (χ1n) is 5.39. The largest absolute Gasteiger partial charge is 0.459 e. The fourth-order valence-corrected chi connectivity index (χ4v) is 2.45. The number of aromatic nitrogens is 2. The van der Waals surface area contributed by atoms with Crippen LogP contribution < -0.4 is 5.32 Å². The zero-order chi connectivity index (χ0) is 16.5. The van der Waals surface area contributed by atoms with Crippen LogP contribution in [0.3, 0.4) is 0 Å². The van der Waals surface area contributed by atoms with E-state index in [-0.39, 0.29) is 21.6 Å². The van der Waals surface area contributed by atoms with Crippen LogP contribution in [0.25, 0.3) is 5.57 Å². The standard InChI is InChI=1S/C11H4ClF5N4S/c12-9-19-2-1-6(20-9)5(3-18)8-21-7(4-22-8)10(13,14)11(15,16)17/h1-2,4,21H/b8-5-. The van der Waals surface area contributed by atoms with Gasteiger partial charge in [-0.05, 0) is 17.7 Å². The summed E-state index contributed by atoms with van der Waals surface area (Å²) in [5, 5.41) is 11.2. The van der Waals surface area contributed by atoms with Gasteiger partial charge >= 0.3 is 12.1 Å². The molecule has 0 aliphatic carbocycles. The lowest BCUT2D eigenvalue weighted by atomic mass is 10.2. The molecule has 0 amide bonds. The first kappa shape index (κ1) is 16.5. The number of hydrogen-bond donors (Lipinski definition) is 1. The quantitative estimate of drug-likeness (QED) is 0.498. The summed E-state index contributed by atoms with van der Waals surface area (Å²) in [6.45, 7) is 0.